The molecule has 1 N–H and O–H groups in total. The van der Waals surface area contributed by atoms with E-state index in [0.717, 1.165) is 11.1 Å². The van der Waals surface area contributed by atoms with Crippen LogP contribution >= 0.6 is 0 Å². The molecule has 0 aliphatic heterocycles. The molecule has 0 atom stereocenters. The summed E-state index contributed by atoms with van der Waals surface area (Å²) in [6.45, 7) is 3.98. The molecule has 1 aromatic carbocycles. The second-order valence-electron chi connectivity index (χ2n) is 4.07. The number of rotatable bonds is 3. The normalized spacial score (nSPS) is 10.1. The largest absolute Gasteiger partial charge is 0.448 e. The van der Waals surface area contributed by atoms with E-state index in [1.807, 2.05) is 32.0 Å². The van der Waals surface area contributed by atoms with Gasteiger partial charge in [-0.05, 0) is 49.2 Å². The fourth-order valence-corrected chi connectivity index (χ4v) is 1.55. The summed E-state index contributed by atoms with van der Waals surface area (Å²) < 4.78 is 5.04. The Bertz CT molecular complexity index is 599. The summed E-state index contributed by atoms with van der Waals surface area (Å²) in [6.07, 6.45) is 0.562. The van der Waals surface area contributed by atoms with E-state index in [2.05, 4.69) is 5.32 Å². The molecule has 0 radical (unpaired) electrons. The van der Waals surface area contributed by atoms with Crippen molar-refractivity contribution >= 4 is 17.9 Å². The summed E-state index contributed by atoms with van der Waals surface area (Å²) in [7, 11) is 0. The maximum Gasteiger partial charge on any atom is 0.291 e. The van der Waals surface area contributed by atoms with Gasteiger partial charge in [0.2, 0.25) is 0 Å². The Kier molecular flexibility index (Phi) is 3.28. The highest BCUT2D eigenvalue weighted by Gasteiger charge is 2.11. The Balaban J connectivity index is 2.15. The van der Waals surface area contributed by atoms with Crippen LogP contribution in [0.5, 0.6) is 0 Å². The molecule has 0 unspecified atom stereocenters. The third-order valence-electron chi connectivity index (χ3n) is 2.73. The van der Waals surface area contributed by atoms with Crippen molar-refractivity contribution in [2.24, 2.45) is 0 Å². The number of anilines is 1. The van der Waals surface area contributed by atoms with Gasteiger partial charge in [-0.1, -0.05) is 6.07 Å². The lowest BCUT2D eigenvalue weighted by atomic mass is 10.1. The first-order valence-electron chi connectivity index (χ1n) is 5.54. The minimum absolute atomic E-state index is 0.121. The molecule has 1 heterocycles. The van der Waals surface area contributed by atoms with Crippen LogP contribution in [0.25, 0.3) is 0 Å². The van der Waals surface area contributed by atoms with Gasteiger partial charge in [0.15, 0.2) is 17.8 Å². The predicted octanol–water partition coefficient (Wildman–Crippen LogP) is 2.96. The number of aryl methyl sites for hydroxylation is 2. The Morgan fingerprint density at radius 3 is 2.56 bits per heavy atom. The zero-order chi connectivity index (χ0) is 13.1. The van der Waals surface area contributed by atoms with E-state index in [-0.39, 0.29) is 17.4 Å². The number of aldehydes is 1. The second kappa shape index (κ2) is 4.87. The third-order valence-corrected chi connectivity index (χ3v) is 2.73. The van der Waals surface area contributed by atoms with E-state index < -0.39 is 0 Å². The quantitative estimate of drug-likeness (QED) is 0.843. The molecule has 4 heteroatoms. The topological polar surface area (TPSA) is 59.3 Å². The first-order chi connectivity index (χ1) is 8.60. The maximum atomic E-state index is 11.8. The van der Waals surface area contributed by atoms with E-state index >= 15 is 0 Å². The van der Waals surface area contributed by atoms with Crippen LogP contribution in [0.3, 0.4) is 0 Å². The number of furan rings is 1. The van der Waals surface area contributed by atoms with Crippen molar-refractivity contribution in [3.8, 4) is 0 Å². The van der Waals surface area contributed by atoms with Crippen molar-refractivity contribution < 1.29 is 14.0 Å². The summed E-state index contributed by atoms with van der Waals surface area (Å²) in [5, 5.41) is 2.72. The van der Waals surface area contributed by atoms with E-state index in [4.69, 9.17) is 4.42 Å². The highest BCUT2D eigenvalue weighted by molar-refractivity contribution is 6.02. The molecule has 2 aromatic rings. The highest BCUT2D eigenvalue weighted by Crippen LogP contribution is 2.15. The number of hydrogen-bond donors (Lipinski definition) is 1. The molecule has 18 heavy (non-hydrogen) atoms. The second-order valence-corrected chi connectivity index (χ2v) is 4.07. The summed E-state index contributed by atoms with van der Waals surface area (Å²) in [5.41, 5.74) is 2.96. The van der Waals surface area contributed by atoms with Crippen molar-refractivity contribution in [3.05, 3.63) is 53.0 Å². The molecule has 2 rings (SSSR count). The van der Waals surface area contributed by atoms with Crippen LogP contribution in [0, 0.1) is 13.8 Å². The molecular weight excluding hydrogens is 230 g/mol. The minimum Gasteiger partial charge on any atom is -0.448 e. The summed E-state index contributed by atoms with van der Waals surface area (Å²) in [5.74, 6) is -0.109. The SMILES string of the molecule is Cc1ccc(NC(=O)c2ccc(C=O)o2)cc1C. The Morgan fingerprint density at radius 2 is 1.94 bits per heavy atom. The number of nitrogens with one attached hydrogen (secondary N) is 1. The van der Waals surface area contributed by atoms with Gasteiger partial charge in [-0.15, -0.1) is 0 Å². The van der Waals surface area contributed by atoms with Crippen LogP contribution in [0.15, 0.2) is 34.7 Å². The summed E-state index contributed by atoms with van der Waals surface area (Å²) >= 11 is 0. The average Bonchev–Trinajstić information content (AvgIpc) is 2.82. The van der Waals surface area contributed by atoms with Crippen molar-refractivity contribution in [1.82, 2.24) is 0 Å². The molecule has 1 amide bonds. The van der Waals surface area contributed by atoms with Gasteiger partial charge in [0, 0.05) is 5.69 Å². The molecule has 1 aromatic heterocycles. The van der Waals surface area contributed by atoms with Crippen LogP contribution in [0.4, 0.5) is 5.69 Å². The van der Waals surface area contributed by atoms with Gasteiger partial charge >= 0.3 is 0 Å². The molecule has 0 saturated heterocycles. The zero-order valence-electron chi connectivity index (χ0n) is 10.2. The van der Waals surface area contributed by atoms with Crippen LogP contribution < -0.4 is 5.32 Å². The van der Waals surface area contributed by atoms with Crippen molar-refractivity contribution in [3.63, 3.8) is 0 Å². The number of benzene rings is 1. The Labute approximate surface area is 105 Å². The molecule has 0 aliphatic carbocycles. The van der Waals surface area contributed by atoms with Gasteiger partial charge in [-0.3, -0.25) is 9.59 Å². The van der Waals surface area contributed by atoms with Gasteiger partial charge in [-0.2, -0.15) is 0 Å². The molecule has 0 bridgehead atoms. The molecule has 92 valence electrons. The van der Waals surface area contributed by atoms with Gasteiger partial charge in [0.1, 0.15) is 0 Å². The number of carbonyl (C=O) groups is 2. The van der Waals surface area contributed by atoms with Crippen LogP contribution in [-0.2, 0) is 0 Å². The average molecular weight is 243 g/mol. The first-order valence-corrected chi connectivity index (χ1v) is 5.54. The molecule has 0 aliphatic rings. The lowest BCUT2D eigenvalue weighted by Gasteiger charge is -2.06. The van der Waals surface area contributed by atoms with Crippen LogP contribution in [0.2, 0.25) is 0 Å². The minimum atomic E-state index is -0.369. The predicted molar refractivity (Wildman–Crippen MR) is 68.0 cm³/mol. The highest BCUT2D eigenvalue weighted by atomic mass is 16.4. The van der Waals surface area contributed by atoms with Crippen molar-refractivity contribution in [2.45, 2.75) is 13.8 Å². The molecule has 0 spiro atoms. The van der Waals surface area contributed by atoms with E-state index in [0.29, 0.717) is 12.0 Å². The van der Waals surface area contributed by atoms with E-state index in [9.17, 15) is 9.59 Å². The van der Waals surface area contributed by atoms with Gasteiger partial charge in [-0.25, -0.2) is 0 Å². The van der Waals surface area contributed by atoms with Crippen molar-refractivity contribution in [1.29, 1.82) is 0 Å². The molecule has 4 nitrogen and oxygen atoms in total. The van der Waals surface area contributed by atoms with E-state index in [1.165, 1.54) is 12.1 Å². The van der Waals surface area contributed by atoms with Crippen molar-refractivity contribution in [2.75, 3.05) is 5.32 Å². The number of hydrogen-bond acceptors (Lipinski definition) is 3. The molecule has 0 saturated carbocycles. The number of amides is 1. The first kappa shape index (κ1) is 12.1. The third kappa shape index (κ3) is 2.48. The van der Waals surface area contributed by atoms with Crippen LogP contribution in [-0.4, -0.2) is 12.2 Å². The van der Waals surface area contributed by atoms with Gasteiger partial charge in [0.25, 0.3) is 5.91 Å². The standard InChI is InChI=1S/C14H13NO3/c1-9-3-4-11(7-10(9)2)15-14(17)13-6-5-12(8-16)18-13/h3-8H,1-2H3,(H,15,17). The molecular formula is C14H13NO3. The number of carbonyl (C=O) groups excluding carboxylic acids is 2. The fourth-order valence-electron chi connectivity index (χ4n) is 1.55. The van der Waals surface area contributed by atoms with E-state index in [1.54, 1.807) is 0 Å². The Hall–Kier alpha value is -2.36. The lowest BCUT2D eigenvalue weighted by molar-refractivity contribution is 0.0992. The monoisotopic (exact) mass is 243 g/mol. The summed E-state index contributed by atoms with van der Waals surface area (Å²) in [4.78, 5) is 22.3. The smallest absolute Gasteiger partial charge is 0.291 e. The van der Waals surface area contributed by atoms with Crippen LogP contribution in [0.1, 0.15) is 32.2 Å². The Morgan fingerprint density at radius 1 is 1.17 bits per heavy atom. The zero-order valence-corrected chi connectivity index (χ0v) is 10.2. The maximum absolute atomic E-state index is 11.8. The van der Waals surface area contributed by atoms with Gasteiger partial charge in [0.05, 0.1) is 0 Å². The van der Waals surface area contributed by atoms with Gasteiger partial charge < -0.3 is 9.73 Å². The molecule has 0 fully saturated rings. The lowest BCUT2D eigenvalue weighted by Crippen LogP contribution is -2.11. The summed E-state index contributed by atoms with van der Waals surface area (Å²) in [6, 6.07) is 8.58. The fraction of sp³-hybridized carbons (Fsp3) is 0.143.